The third-order valence-electron chi connectivity index (χ3n) is 2.07. The van der Waals surface area contributed by atoms with Crippen LogP contribution in [-0.2, 0) is 0 Å². The number of halogens is 1. The lowest BCUT2D eigenvalue weighted by molar-refractivity contribution is 0.155. The second-order valence-corrected chi connectivity index (χ2v) is 3.62. The quantitative estimate of drug-likeness (QED) is 0.513. The Labute approximate surface area is 70.2 Å². The van der Waals surface area contributed by atoms with Gasteiger partial charge in [0.1, 0.15) is 5.67 Å². The predicted molar refractivity (Wildman–Crippen MR) is 48.6 cm³/mol. The van der Waals surface area contributed by atoms with Crippen LogP contribution in [-0.4, -0.2) is 5.67 Å². The molecule has 0 fully saturated rings. The van der Waals surface area contributed by atoms with Gasteiger partial charge in [-0.2, -0.15) is 0 Å². The molecule has 1 unspecified atom stereocenters. The van der Waals surface area contributed by atoms with Crippen LogP contribution in [0.4, 0.5) is 4.39 Å². The van der Waals surface area contributed by atoms with Crippen LogP contribution >= 0.6 is 0 Å². The Hall–Kier alpha value is -0.0700. The molecule has 1 heteroatoms. The summed E-state index contributed by atoms with van der Waals surface area (Å²) in [6.07, 6.45) is 5.82. The summed E-state index contributed by atoms with van der Waals surface area (Å²) in [7, 11) is 0. The van der Waals surface area contributed by atoms with E-state index in [4.69, 9.17) is 0 Å². The monoisotopic (exact) mass is 160 g/mol. The first-order valence-electron chi connectivity index (χ1n) is 4.81. The maximum absolute atomic E-state index is 13.4. The molecule has 1 atom stereocenters. The van der Waals surface area contributed by atoms with Gasteiger partial charge in [-0.25, -0.2) is 4.39 Å². The first-order chi connectivity index (χ1) is 5.12. The van der Waals surface area contributed by atoms with E-state index < -0.39 is 5.67 Å². The highest BCUT2D eigenvalue weighted by Gasteiger charge is 2.20. The first kappa shape index (κ1) is 10.9. The minimum Gasteiger partial charge on any atom is -0.244 e. The molecule has 0 saturated heterocycles. The van der Waals surface area contributed by atoms with Crippen LogP contribution < -0.4 is 0 Å². The number of hydrogen-bond acceptors (Lipinski definition) is 0. The Balaban J connectivity index is 3.38. The fraction of sp³-hybridized carbons (Fsp3) is 1.00. The molecular formula is C10H21F. The van der Waals surface area contributed by atoms with E-state index in [-0.39, 0.29) is 0 Å². The van der Waals surface area contributed by atoms with E-state index in [1.54, 1.807) is 6.92 Å². The van der Waals surface area contributed by atoms with E-state index in [0.29, 0.717) is 0 Å². The average molecular weight is 160 g/mol. The average Bonchev–Trinajstić information content (AvgIpc) is 1.87. The van der Waals surface area contributed by atoms with E-state index in [9.17, 15) is 4.39 Å². The van der Waals surface area contributed by atoms with Crippen molar-refractivity contribution in [2.45, 2.75) is 65.0 Å². The zero-order chi connectivity index (χ0) is 8.74. The summed E-state index contributed by atoms with van der Waals surface area (Å²) in [5, 5.41) is 0. The molecule has 0 N–H and O–H groups in total. The minimum atomic E-state index is -0.899. The van der Waals surface area contributed by atoms with E-state index >= 15 is 0 Å². The first-order valence-corrected chi connectivity index (χ1v) is 4.81. The molecule has 0 aliphatic rings. The number of unbranched alkanes of at least 4 members (excludes halogenated alkanes) is 2. The molecule has 0 aromatic heterocycles. The summed E-state index contributed by atoms with van der Waals surface area (Å²) >= 11 is 0. The Morgan fingerprint density at radius 2 is 1.64 bits per heavy atom. The van der Waals surface area contributed by atoms with Gasteiger partial charge >= 0.3 is 0 Å². The van der Waals surface area contributed by atoms with Crippen molar-refractivity contribution >= 4 is 0 Å². The molecule has 0 aliphatic carbocycles. The standard InChI is InChI=1S/C10H21F/c1-4-6-7-9-10(3,11)8-5-2/h4-9H2,1-3H3. The lowest BCUT2D eigenvalue weighted by Gasteiger charge is -2.18. The lowest BCUT2D eigenvalue weighted by Crippen LogP contribution is -2.16. The van der Waals surface area contributed by atoms with Gasteiger partial charge in [0.15, 0.2) is 0 Å². The maximum Gasteiger partial charge on any atom is 0.108 e. The molecule has 0 aliphatic heterocycles. The highest BCUT2D eigenvalue weighted by atomic mass is 19.1. The molecule has 0 aromatic carbocycles. The second kappa shape index (κ2) is 5.56. The van der Waals surface area contributed by atoms with Crippen molar-refractivity contribution in [2.24, 2.45) is 0 Å². The molecule has 11 heavy (non-hydrogen) atoms. The molecule has 0 rings (SSSR count). The zero-order valence-electron chi connectivity index (χ0n) is 8.12. The third kappa shape index (κ3) is 6.33. The number of alkyl halides is 1. The molecule has 0 bridgehead atoms. The third-order valence-corrected chi connectivity index (χ3v) is 2.07. The van der Waals surface area contributed by atoms with E-state index in [1.165, 1.54) is 12.8 Å². The Bertz CT molecular complexity index is 86.9. The minimum absolute atomic E-state index is 0.719. The van der Waals surface area contributed by atoms with Crippen LogP contribution in [0.5, 0.6) is 0 Å². The highest BCUT2D eigenvalue weighted by Crippen LogP contribution is 2.24. The summed E-state index contributed by atoms with van der Waals surface area (Å²) in [4.78, 5) is 0. The van der Waals surface area contributed by atoms with Crippen molar-refractivity contribution in [1.82, 2.24) is 0 Å². The summed E-state index contributed by atoms with van der Waals surface area (Å²) in [5.74, 6) is 0. The SMILES string of the molecule is CCCCCC(C)(F)CCC. The molecular weight excluding hydrogens is 139 g/mol. The van der Waals surface area contributed by atoms with E-state index in [1.807, 2.05) is 6.92 Å². The predicted octanol–water partition coefficient (Wildman–Crippen LogP) is 4.10. The maximum atomic E-state index is 13.4. The largest absolute Gasteiger partial charge is 0.244 e. The topological polar surface area (TPSA) is 0 Å². The fourth-order valence-electron chi connectivity index (χ4n) is 1.39. The fourth-order valence-corrected chi connectivity index (χ4v) is 1.39. The summed E-state index contributed by atoms with van der Waals surface area (Å²) in [5.41, 5.74) is -0.899. The molecule has 0 amide bonds. The molecule has 68 valence electrons. The van der Waals surface area contributed by atoms with Gasteiger partial charge in [0.05, 0.1) is 0 Å². The van der Waals surface area contributed by atoms with Crippen molar-refractivity contribution in [2.75, 3.05) is 0 Å². The van der Waals surface area contributed by atoms with Crippen LogP contribution in [0, 0.1) is 0 Å². The summed E-state index contributed by atoms with van der Waals surface area (Å²) < 4.78 is 13.4. The van der Waals surface area contributed by atoms with Crippen molar-refractivity contribution in [3.05, 3.63) is 0 Å². The lowest BCUT2D eigenvalue weighted by atomic mass is 9.95. The van der Waals surface area contributed by atoms with Gasteiger partial charge in [-0.05, 0) is 19.8 Å². The Morgan fingerprint density at radius 1 is 1.00 bits per heavy atom. The van der Waals surface area contributed by atoms with Gasteiger partial charge in [0, 0.05) is 0 Å². The molecule has 0 saturated carbocycles. The van der Waals surface area contributed by atoms with Gasteiger partial charge in [-0.1, -0.05) is 39.5 Å². The van der Waals surface area contributed by atoms with Crippen molar-refractivity contribution < 1.29 is 4.39 Å². The Morgan fingerprint density at radius 3 is 2.09 bits per heavy atom. The summed E-state index contributed by atoms with van der Waals surface area (Å²) in [6, 6.07) is 0. The van der Waals surface area contributed by atoms with Crippen LogP contribution in [0.2, 0.25) is 0 Å². The summed E-state index contributed by atoms with van der Waals surface area (Å²) in [6.45, 7) is 5.92. The van der Waals surface area contributed by atoms with E-state index in [2.05, 4.69) is 6.92 Å². The molecule has 0 radical (unpaired) electrons. The molecule has 0 aromatic rings. The van der Waals surface area contributed by atoms with Gasteiger partial charge in [0.25, 0.3) is 0 Å². The Kier molecular flexibility index (Phi) is 5.53. The van der Waals surface area contributed by atoms with Crippen LogP contribution in [0.3, 0.4) is 0 Å². The normalized spacial score (nSPS) is 16.4. The van der Waals surface area contributed by atoms with Gasteiger partial charge < -0.3 is 0 Å². The van der Waals surface area contributed by atoms with Crippen LogP contribution in [0.1, 0.15) is 59.3 Å². The number of hydrogen-bond donors (Lipinski definition) is 0. The van der Waals surface area contributed by atoms with E-state index in [0.717, 1.165) is 25.7 Å². The molecule has 0 heterocycles. The highest BCUT2D eigenvalue weighted by molar-refractivity contribution is 4.71. The molecule has 0 nitrogen and oxygen atoms in total. The van der Waals surface area contributed by atoms with Crippen LogP contribution in [0.15, 0.2) is 0 Å². The van der Waals surface area contributed by atoms with Crippen molar-refractivity contribution in [3.63, 3.8) is 0 Å². The van der Waals surface area contributed by atoms with Crippen molar-refractivity contribution in [1.29, 1.82) is 0 Å². The number of rotatable bonds is 6. The van der Waals surface area contributed by atoms with Gasteiger partial charge in [-0.15, -0.1) is 0 Å². The molecule has 0 spiro atoms. The zero-order valence-corrected chi connectivity index (χ0v) is 8.12. The smallest absolute Gasteiger partial charge is 0.108 e. The van der Waals surface area contributed by atoms with Gasteiger partial charge in [0.2, 0.25) is 0 Å². The second-order valence-electron chi connectivity index (χ2n) is 3.62. The van der Waals surface area contributed by atoms with Crippen LogP contribution in [0.25, 0.3) is 0 Å². The van der Waals surface area contributed by atoms with Crippen molar-refractivity contribution in [3.8, 4) is 0 Å². The van der Waals surface area contributed by atoms with Gasteiger partial charge in [-0.3, -0.25) is 0 Å².